The zero-order valence-electron chi connectivity index (χ0n) is 15.5. The average Bonchev–Trinajstić information content (AvgIpc) is 2.76. The summed E-state index contributed by atoms with van der Waals surface area (Å²) >= 11 is 0. The van der Waals surface area contributed by atoms with Gasteiger partial charge in [0.15, 0.2) is 11.6 Å². The fraction of sp³-hybridized carbons (Fsp3) is 1.00. The van der Waals surface area contributed by atoms with Crippen molar-refractivity contribution in [2.24, 2.45) is 0 Å². The number of hydrogen-bond donors (Lipinski definition) is 0. The van der Waals surface area contributed by atoms with Crippen LogP contribution in [0.5, 0.6) is 0 Å². The third kappa shape index (κ3) is 3.12. The lowest BCUT2D eigenvalue weighted by atomic mass is 9.87. The van der Waals surface area contributed by atoms with Crippen molar-refractivity contribution in [3.8, 4) is 0 Å². The Morgan fingerprint density at radius 2 is 1.57 bits per heavy atom. The summed E-state index contributed by atoms with van der Waals surface area (Å²) in [6.45, 7) is 16.3. The Morgan fingerprint density at radius 3 is 2.04 bits per heavy atom. The molecule has 134 valence electrons. The van der Waals surface area contributed by atoms with Gasteiger partial charge in [0.25, 0.3) is 0 Å². The first-order chi connectivity index (χ1) is 10.4. The highest BCUT2D eigenvalue weighted by Crippen LogP contribution is 2.47. The van der Waals surface area contributed by atoms with Crippen LogP contribution in [-0.2, 0) is 27.8 Å². The smallest absolute Gasteiger partial charge is 0.332 e. The molecule has 7 heteroatoms. The first-order valence-electron chi connectivity index (χ1n) is 8.41. The van der Waals surface area contributed by atoms with E-state index in [-0.39, 0.29) is 24.4 Å². The van der Waals surface area contributed by atoms with E-state index in [1.807, 2.05) is 54.6 Å². The van der Waals surface area contributed by atoms with Gasteiger partial charge in [-0.2, -0.15) is 0 Å². The van der Waals surface area contributed by atoms with E-state index in [1.165, 1.54) is 0 Å². The molecule has 3 rings (SSSR count). The monoisotopic (exact) mass is 346 g/mol. The maximum Gasteiger partial charge on any atom is 0.332 e. The Balaban J connectivity index is 1.95. The minimum absolute atomic E-state index is 0.0886. The Labute approximate surface area is 140 Å². The maximum atomic E-state index is 6.43. The van der Waals surface area contributed by atoms with Gasteiger partial charge in [0.1, 0.15) is 17.8 Å². The van der Waals surface area contributed by atoms with Crippen molar-refractivity contribution >= 4 is 8.56 Å². The summed E-state index contributed by atoms with van der Waals surface area (Å²) in [7, 11) is -2.24. The largest absolute Gasteiger partial charge is 0.391 e. The minimum Gasteiger partial charge on any atom is -0.391 e. The standard InChI is InChI=1S/C16H30O6Si/c1-10-12(20-14(3,4)18-10)13-16(9-17-23(7,8)21-13)11(2)19-15(5,6)22-16/h10-13H,9H2,1-8H3/t10-,11-,12-,13+,16+/m0/s1. The predicted molar refractivity (Wildman–Crippen MR) is 86.2 cm³/mol. The molecule has 0 aliphatic carbocycles. The van der Waals surface area contributed by atoms with Crippen LogP contribution in [0.1, 0.15) is 41.5 Å². The Morgan fingerprint density at radius 1 is 0.913 bits per heavy atom. The van der Waals surface area contributed by atoms with Gasteiger partial charge in [-0.15, -0.1) is 0 Å². The van der Waals surface area contributed by atoms with Crippen LogP contribution in [0, 0.1) is 0 Å². The van der Waals surface area contributed by atoms with Crippen LogP contribution in [0.15, 0.2) is 0 Å². The highest BCUT2D eigenvalue weighted by Gasteiger charge is 2.65. The van der Waals surface area contributed by atoms with E-state index in [1.54, 1.807) is 0 Å². The van der Waals surface area contributed by atoms with Crippen molar-refractivity contribution in [1.82, 2.24) is 0 Å². The van der Waals surface area contributed by atoms with E-state index >= 15 is 0 Å². The third-order valence-corrected chi connectivity index (χ3v) is 6.43. The van der Waals surface area contributed by atoms with Crippen LogP contribution < -0.4 is 0 Å². The van der Waals surface area contributed by atoms with Crippen LogP contribution >= 0.6 is 0 Å². The van der Waals surface area contributed by atoms with E-state index in [4.69, 9.17) is 27.8 Å². The molecule has 6 nitrogen and oxygen atoms in total. The highest BCUT2D eigenvalue weighted by atomic mass is 28.4. The Bertz CT molecular complexity index is 479. The predicted octanol–water partition coefficient (Wildman–Crippen LogP) is 2.55. The lowest BCUT2D eigenvalue weighted by molar-refractivity contribution is -0.231. The van der Waals surface area contributed by atoms with Crippen molar-refractivity contribution < 1.29 is 27.8 Å². The molecule has 0 amide bonds. The normalized spacial score (nSPS) is 48.0. The molecule has 1 spiro atoms. The van der Waals surface area contributed by atoms with E-state index in [0.717, 1.165) is 0 Å². The van der Waals surface area contributed by atoms with Gasteiger partial charge in [-0.3, -0.25) is 0 Å². The summed E-state index contributed by atoms with van der Waals surface area (Å²) in [5.74, 6) is -1.30. The Hall–Kier alpha value is -0.0231. The molecular weight excluding hydrogens is 316 g/mol. The molecule has 3 fully saturated rings. The molecule has 0 N–H and O–H groups in total. The van der Waals surface area contributed by atoms with Gasteiger partial charge >= 0.3 is 8.56 Å². The second-order valence-electron chi connectivity index (χ2n) is 8.25. The van der Waals surface area contributed by atoms with E-state index < -0.39 is 25.7 Å². The van der Waals surface area contributed by atoms with Gasteiger partial charge < -0.3 is 27.8 Å². The van der Waals surface area contributed by atoms with Gasteiger partial charge in [0, 0.05) is 0 Å². The van der Waals surface area contributed by atoms with Gasteiger partial charge in [-0.1, -0.05) is 0 Å². The number of ether oxygens (including phenoxy) is 4. The van der Waals surface area contributed by atoms with Crippen molar-refractivity contribution in [3.63, 3.8) is 0 Å². The van der Waals surface area contributed by atoms with E-state index in [9.17, 15) is 0 Å². The minimum atomic E-state index is -2.24. The summed E-state index contributed by atoms with van der Waals surface area (Å²) in [5.41, 5.74) is -0.686. The molecule has 0 aromatic heterocycles. The summed E-state index contributed by atoms with van der Waals surface area (Å²) in [5, 5.41) is 0. The summed E-state index contributed by atoms with van der Waals surface area (Å²) < 4.78 is 37.0. The van der Waals surface area contributed by atoms with Crippen molar-refractivity contribution in [1.29, 1.82) is 0 Å². The van der Waals surface area contributed by atoms with Crippen molar-refractivity contribution in [3.05, 3.63) is 0 Å². The molecule has 3 aliphatic heterocycles. The Kier molecular flexibility index (Phi) is 4.05. The van der Waals surface area contributed by atoms with Crippen LogP contribution in [0.3, 0.4) is 0 Å². The van der Waals surface area contributed by atoms with Gasteiger partial charge in [-0.25, -0.2) is 0 Å². The third-order valence-electron chi connectivity index (χ3n) is 4.77. The second-order valence-corrected chi connectivity index (χ2v) is 11.6. The van der Waals surface area contributed by atoms with E-state index in [0.29, 0.717) is 6.61 Å². The molecule has 0 unspecified atom stereocenters. The summed E-state index contributed by atoms with van der Waals surface area (Å²) in [4.78, 5) is 0. The number of hydrogen-bond acceptors (Lipinski definition) is 6. The van der Waals surface area contributed by atoms with Crippen molar-refractivity contribution in [2.45, 2.75) is 96.2 Å². The maximum absolute atomic E-state index is 6.43. The summed E-state index contributed by atoms with van der Waals surface area (Å²) in [6, 6.07) is 0. The molecule has 3 saturated heterocycles. The molecule has 0 saturated carbocycles. The quantitative estimate of drug-likeness (QED) is 0.680. The number of rotatable bonds is 1. The lowest BCUT2D eigenvalue weighted by Crippen LogP contribution is -2.68. The second kappa shape index (κ2) is 5.24. The van der Waals surface area contributed by atoms with Crippen LogP contribution in [0.4, 0.5) is 0 Å². The fourth-order valence-electron chi connectivity index (χ4n) is 3.95. The zero-order valence-corrected chi connectivity index (χ0v) is 16.5. The topological polar surface area (TPSA) is 55.4 Å². The molecular formula is C16H30O6Si. The van der Waals surface area contributed by atoms with Crippen LogP contribution in [0.2, 0.25) is 13.1 Å². The van der Waals surface area contributed by atoms with E-state index in [2.05, 4.69) is 0 Å². The zero-order chi connectivity index (χ0) is 17.3. The summed E-state index contributed by atoms with van der Waals surface area (Å²) in [6.07, 6.45) is -0.756. The molecule has 23 heavy (non-hydrogen) atoms. The first kappa shape index (κ1) is 17.8. The molecule has 5 atom stereocenters. The molecule has 3 aliphatic rings. The highest BCUT2D eigenvalue weighted by molar-refractivity contribution is 6.64. The first-order valence-corrected chi connectivity index (χ1v) is 11.2. The van der Waals surface area contributed by atoms with Crippen LogP contribution in [0.25, 0.3) is 0 Å². The fourth-order valence-corrected chi connectivity index (χ4v) is 5.54. The lowest BCUT2D eigenvalue weighted by Gasteiger charge is -2.49. The molecule has 0 bridgehead atoms. The molecule has 0 radical (unpaired) electrons. The molecule has 0 aromatic rings. The molecule has 0 aromatic carbocycles. The van der Waals surface area contributed by atoms with Gasteiger partial charge in [-0.05, 0) is 54.6 Å². The average molecular weight is 346 g/mol. The van der Waals surface area contributed by atoms with Gasteiger partial charge in [0.2, 0.25) is 0 Å². The SMILES string of the molecule is C[C@@H]1OC(C)(C)O[C@@H]1[C@H]1O[Si](C)(C)OC[C@]12OC(C)(C)O[C@H]2C. The molecule has 3 heterocycles. The van der Waals surface area contributed by atoms with Gasteiger partial charge in [0.05, 0.1) is 18.8 Å². The van der Waals surface area contributed by atoms with Crippen molar-refractivity contribution in [2.75, 3.05) is 6.61 Å². The van der Waals surface area contributed by atoms with Crippen LogP contribution in [-0.4, -0.2) is 56.8 Å².